The third-order valence-corrected chi connectivity index (χ3v) is 5.85. The second-order valence-corrected chi connectivity index (χ2v) is 7.16. The molecule has 1 amide bonds. The maximum Gasteiger partial charge on any atom is 0.252 e. The van der Waals surface area contributed by atoms with E-state index in [-0.39, 0.29) is 11.2 Å². The summed E-state index contributed by atoms with van der Waals surface area (Å²) in [5.74, 6) is 0.594. The minimum absolute atomic E-state index is 0.0517. The van der Waals surface area contributed by atoms with Gasteiger partial charge in [0.05, 0.1) is 28.4 Å². The Hall–Kier alpha value is -2.14. The van der Waals surface area contributed by atoms with Crippen LogP contribution in [0.2, 0.25) is 0 Å². The van der Waals surface area contributed by atoms with Crippen molar-refractivity contribution in [2.24, 2.45) is 0 Å². The smallest absolute Gasteiger partial charge is 0.252 e. The van der Waals surface area contributed by atoms with E-state index < -0.39 is 10.8 Å². The Kier molecular flexibility index (Phi) is 6.55. The van der Waals surface area contributed by atoms with Crippen molar-refractivity contribution < 1.29 is 13.7 Å². The fraction of sp³-hybridized carbons (Fsp3) is 0.316. The van der Waals surface area contributed by atoms with Crippen LogP contribution in [0.15, 0.2) is 53.4 Å². The molecule has 0 fully saturated rings. The minimum atomic E-state index is -1.25. The van der Waals surface area contributed by atoms with Crippen LogP contribution in [0.4, 0.5) is 0 Å². The summed E-state index contributed by atoms with van der Waals surface area (Å²) in [4.78, 5) is 12.6. The lowest BCUT2D eigenvalue weighted by molar-refractivity contribution is 0.0960. The predicted molar refractivity (Wildman–Crippen MR) is 97.0 cm³/mol. The molecule has 2 aromatic carbocycles. The van der Waals surface area contributed by atoms with Gasteiger partial charge in [-0.3, -0.25) is 9.00 Å². The standard InChI is InChI=1S/C19H23NO3S/c1-4-16(13-14-9-11-15(23-3)12-10-14)24(22)18-8-6-5-7-17(18)19(21)20-2/h5-12,16H,4,13H2,1-3H3,(H,20,21)/t16-,24?/m0/s1. The molecule has 0 aromatic heterocycles. The lowest BCUT2D eigenvalue weighted by Gasteiger charge is -2.17. The van der Waals surface area contributed by atoms with Crippen molar-refractivity contribution in [3.63, 3.8) is 0 Å². The number of hydrogen-bond acceptors (Lipinski definition) is 3. The molecule has 1 unspecified atom stereocenters. The van der Waals surface area contributed by atoms with Gasteiger partial charge in [0, 0.05) is 12.3 Å². The lowest BCUT2D eigenvalue weighted by atomic mass is 10.1. The molecular formula is C19H23NO3S. The van der Waals surface area contributed by atoms with Crippen molar-refractivity contribution in [3.05, 3.63) is 59.7 Å². The van der Waals surface area contributed by atoms with Gasteiger partial charge < -0.3 is 10.1 Å². The van der Waals surface area contributed by atoms with Crippen LogP contribution in [0.1, 0.15) is 29.3 Å². The topological polar surface area (TPSA) is 55.4 Å². The Morgan fingerprint density at radius 2 is 1.83 bits per heavy atom. The van der Waals surface area contributed by atoms with Crippen molar-refractivity contribution >= 4 is 16.7 Å². The number of carbonyl (C=O) groups is 1. The predicted octanol–water partition coefficient (Wildman–Crippen LogP) is 3.18. The summed E-state index contributed by atoms with van der Waals surface area (Å²) in [7, 11) is 1.96. The molecule has 0 radical (unpaired) electrons. The highest BCUT2D eigenvalue weighted by Gasteiger charge is 2.22. The van der Waals surface area contributed by atoms with Gasteiger partial charge in [-0.25, -0.2) is 0 Å². The zero-order chi connectivity index (χ0) is 17.5. The number of benzene rings is 2. The summed E-state index contributed by atoms with van der Waals surface area (Å²) in [5.41, 5.74) is 1.58. The molecule has 128 valence electrons. The Morgan fingerprint density at radius 1 is 1.17 bits per heavy atom. The first-order chi connectivity index (χ1) is 11.6. The zero-order valence-electron chi connectivity index (χ0n) is 14.2. The van der Waals surface area contributed by atoms with Gasteiger partial charge in [0.15, 0.2) is 0 Å². The maximum atomic E-state index is 13.1. The van der Waals surface area contributed by atoms with E-state index >= 15 is 0 Å². The summed E-state index contributed by atoms with van der Waals surface area (Å²) in [5, 5.41) is 2.56. The molecule has 0 heterocycles. The van der Waals surface area contributed by atoms with Crippen molar-refractivity contribution in [2.45, 2.75) is 29.9 Å². The van der Waals surface area contributed by atoms with Gasteiger partial charge in [0.1, 0.15) is 5.75 Å². The van der Waals surface area contributed by atoms with Crippen LogP contribution in [0.3, 0.4) is 0 Å². The fourth-order valence-electron chi connectivity index (χ4n) is 2.54. The van der Waals surface area contributed by atoms with E-state index in [0.717, 1.165) is 17.7 Å². The Labute approximate surface area is 145 Å². The first-order valence-corrected chi connectivity index (χ1v) is 9.16. The molecule has 5 heteroatoms. The molecule has 4 nitrogen and oxygen atoms in total. The SMILES string of the molecule is CC[C@@H](Cc1ccc(OC)cc1)S(=O)c1ccccc1C(=O)NC. The molecule has 2 rings (SSSR count). The molecule has 0 aliphatic heterocycles. The number of carbonyl (C=O) groups excluding carboxylic acids is 1. The van der Waals surface area contributed by atoms with Crippen molar-refractivity contribution in [2.75, 3.05) is 14.2 Å². The first kappa shape index (κ1) is 18.2. The Morgan fingerprint density at radius 3 is 2.42 bits per heavy atom. The van der Waals surface area contributed by atoms with E-state index in [1.165, 1.54) is 0 Å². The van der Waals surface area contributed by atoms with Gasteiger partial charge in [0.2, 0.25) is 0 Å². The van der Waals surface area contributed by atoms with Crippen LogP contribution >= 0.6 is 0 Å². The Balaban J connectivity index is 2.24. The number of amides is 1. The van der Waals surface area contributed by atoms with Crippen LogP contribution in [0.5, 0.6) is 5.75 Å². The number of nitrogens with one attached hydrogen (secondary N) is 1. The van der Waals surface area contributed by atoms with Crippen molar-refractivity contribution in [3.8, 4) is 5.75 Å². The van der Waals surface area contributed by atoms with E-state index in [1.807, 2.05) is 37.3 Å². The number of methoxy groups -OCH3 is 1. The summed E-state index contributed by atoms with van der Waals surface area (Å²) in [6.45, 7) is 2.02. The van der Waals surface area contributed by atoms with Crippen LogP contribution in [-0.2, 0) is 17.2 Å². The van der Waals surface area contributed by atoms with Crippen molar-refractivity contribution in [1.29, 1.82) is 0 Å². The average molecular weight is 345 g/mol. The third-order valence-electron chi connectivity index (χ3n) is 3.96. The highest BCUT2D eigenvalue weighted by atomic mass is 32.2. The molecule has 0 spiro atoms. The zero-order valence-corrected chi connectivity index (χ0v) is 15.1. The third kappa shape index (κ3) is 4.23. The summed E-state index contributed by atoms with van der Waals surface area (Å²) >= 11 is 0. The molecule has 0 saturated carbocycles. The van der Waals surface area contributed by atoms with Gasteiger partial charge in [-0.2, -0.15) is 0 Å². The Bertz CT molecular complexity index is 713. The van der Waals surface area contributed by atoms with Crippen LogP contribution in [-0.4, -0.2) is 29.5 Å². The lowest BCUT2D eigenvalue weighted by Crippen LogP contribution is -2.23. The van der Waals surface area contributed by atoms with Gasteiger partial charge >= 0.3 is 0 Å². The fourth-order valence-corrected chi connectivity index (χ4v) is 4.14. The van der Waals surface area contributed by atoms with E-state index in [4.69, 9.17) is 4.74 Å². The molecule has 0 aliphatic carbocycles. The monoisotopic (exact) mass is 345 g/mol. The van der Waals surface area contributed by atoms with Gasteiger partial charge in [-0.05, 0) is 42.7 Å². The molecule has 0 bridgehead atoms. The van der Waals surface area contributed by atoms with E-state index in [9.17, 15) is 9.00 Å². The van der Waals surface area contributed by atoms with Crippen molar-refractivity contribution in [1.82, 2.24) is 5.32 Å². The molecule has 24 heavy (non-hydrogen) atoms. The van der Waals surface area contributed by atoms with Crippen LogP contribution in [0, 0.1) is 0 Å². The molecule has 0 aliphatic rings. The largest absolute Gasteiger partial charge is 0.497 e. The van der Waals surface area contributed by atoms with Gasteiger partial charge in [-0.1, -0.05) is 31.2 Å². The van der Waals surface area contributed by atoms with Crippen LogP contribution < -0.4 is 10.1 Å². The van der Waals surface area contributed by atoms with E-state index in [0.29, 0.717) is 16.9 Å². The molecule has 2 atom stereocenters. The quantitative estimate of drug-likeness (QED) is 0.838. The first-order valence-electron chi connectivity index (χ1n) is 7.95. The van der Waals surface area contributed by atoms with E-state index in [2.05, 4.69) is 5.32 Å². The highest BCUT2D eigenvalue weighted by Crippen LogP contribution is 2.22. The highest BCUT2D eigenvalue weighted by molar-refractivity contribution is 7.85. The summed E-state index contributed by atoms with van der Waals surface area (Å²) in [6, 6.07) is 14.9. The van der Waals surface area contributed by atoms with Crippen LogP contribution in [0.25, 0.3) is 0 Å². The van der Waals surface area contributed by atoms with Gasteiger partial charge in [-0.15, -0.1) is 0 Å². The normalized spacial score (nSPS) is 13.1. The van der Waals surface area contributed by atoms with Gasteiger partial charge in [0.25, 0.3) is 5.91 Å². The summed E-state index contributed by atoms with van der Waals surface area (Å²) in [6.07, 6.45) is 1.45. The van der Waals surface area contributed by atoms with E-state index in [1.54, 1.807) is 32.4 Å². The number of ether oxygens (including phenoxy) is 1. The minimum Gasteiger partial charge on any atom is -0.497 e. The maximum absolute atomic E-state index is 13.1. The summed E-state index contributed by atoms with van der Waals surface area (Å²) < 4.78 is 18.2. The second-order valence-electron chi connectivity index (χ2n) is 5.46. The molecule has 1 N–H and O–H groups in total. The number of rotatable bonds is 7. The molecule has 2 aromatic rings. The second kappa shape index (κ2) is 8.64. The molecular weight excluding hydrogens is 322 g/mol. The average Bonchev–Trinajstić information content (AvgIpc) is 2.65. The number of hydrogen-bond donors (Lipinski definition) is 1. The molecule has 0 saturated heterocycles.